The number of hydrogen-bond acceptors (Lipinski definition) is 2. The Bertz CT molecular complexity index is 123. The molecule has 0 heterocycles. The van der Waals surface area contributed by atoms with Crippen molar-refractivity contribution in [3.8, 4) is 0 Å². The molecule has 2 heteroatoms. The van der Waals surface area contributed by atoms with Gasteiger partial charge >= 0.3 is 0 Å². The van der Waals surface area contributed by atoms with Gasteiger partial charge in [-0.15, -0.1) is 0 Å². The van der Waals surface area contributed by atoms with Gasteiger partial charge in [-0.1, -0.05) is 13.8 Å². The highest BCUT2D eigenvalue weighted by Crippen LogP contribution is 2.22. The van der Waals surface area contributed by atoms with Crippen LogP contribution in [0.1, 0.15) is 39.5 Å². The van der Waals surface area contributed by atoms with Gasteiger partial charge in [0.05, 0.1) is 6.10 Å². The van der Waals surface area contributed by atoms with E-state index in [1.54, 1.807) is 0 Å². The van der Waals surface area contributed by atoms with E-state index in [-0.39, 0.29) is 6.10 Å². The second kappa shape index (κ2) is 4.83. The first kappa shape index (κ1) is 10.0. The van der Waals surface area contributed by atoms with E-state index >= 15 is 0 Å². The van der Waals surface area contributed by atoms with Crippen LogP contribution in [0.3, 0.4) is 0 Å². The number of hydrogen-bond donors (Lipinski definition) is 1. The first-order valence-corrected chi connectivity index (χ1v) is 5.20. The molecular formula is C10H21NO. The molecule has 0 aromatic rings. The normalized spacial score (nSPS) is 31.0. The minimum absolute atomic E-state index is 0.0376. The predicted molar refractivity (Wildman–Crippen MR) is 51.2 cm³/mol. The van der Waals surface area contributed by atoms with Gasteiger partial charge in [0, 0.05) is 6.04 Å². The summed E-state index contributed by atoms with van der Waals surface area (Å²) in [4.78, 5) is 2.46. The van der Waals surface area contributed by atoms with Crippen molar-refractivity contribution in [1.82, 2.24) is 4.90 Å². The van der Waals surface area contributed by atoms with Crippen LogP contribution in [0, 0.1) is 0 Å². The van der Waals surface area contributed by atoms with Crippen molar-refractivity contribution in [3.63, 3.8) is 0 Å². The molecule has 0 spiro atoms. The monoisotopic (exact) mass is 171 g/mol. The van der Waals surface area contributed by atoms with Crippen LogP contribution in [0.4, 0.5) is 0 Å². The van der Waals surface area contributed by atoms with Gasteiger partial charge in [0.1, 0.15) is 0 Å². The summed E-state index contributed by atoms with van der Waals surface area (Å²) in [7, 11) is 0. The average Bonchev–Trinajstić information content (AvgIpc) is 2.07. The molecule has 0 aliphatic heterocycles. The van der Waals surface area contributed by atoms with Crippen molar-refractivity contribution < 1.29 is 5.11 Å². The second-order valence-corrected chi connectivity index (χ2v) is 3.70. The Kier molecular flexibility index (Phi) is 4.02. The molecule has 1 N–H and O–H groups in total. The highest BCUT2D eigenvalue weighted by molar-refractivity contribution is 4.78. The molecule has 0 aromatic carbocycles. The third-order valence-electron chi connectivity index (χ3n) is 2.95. The molecule has 72 valence electrons. The molecule has 1 aliphatic carbocycles. The Morgan fingerprint density at radius 2 is 1.92 bits per heavy atom. The summed E-state index contributed by atoms with van der Waals surface area (Å²) < 4.78 is 0. The van der Waals surface area contributed by atoms with Gasteiger partial charge in [0.2, 0.25) is 0 Å². The summed E-state index contributed by atoms with van der Waals surface area (Å²) in [6, 6.07) is 0.642. The molecule has 2 nitrogen and oxygen atoms in total. The quantitative estimate of drug-likeness (QED) is 0.697. The van der Waals surface area contributed by atoms with Crippen LogP contribution in [0.2, 0.25) is 0 Å². The molecule has 1 rings (SSSR count). The van der Waals surface area contributed by atoms with Gasteiger partial charge in [-0.3, -0.25) is 0 Å². The molecule has 1 aliphatic rings. The zero-order valence-electron chi connectivity index (χ0n) is 8.29. The summed E-state index contributed by atoms with van der Waals surface area (Å²) in [5.41, 5.74) is 0. The van der Waals surface area contributed by atoms with Crippen molar-refractivity contribution in [1.29, 1.82) is 0 Å². The van der Waals surface area contributed by atoms with Crippen molar-refractivity contribution in [3.05, 3.63) is 0 Å². The maximum absolute atomic E-state index is 9.49. The lowest BCUT2D eigenvalue weighted by Gasteiger charge is -2.34. The lowest BCUT2D eigenvalue weighted by Crippen LogP contribution is -2.39. The molecule has 0 radical (unpaired) electrons. The fourth-order valence-corrected chi connectivity index (χ4v) is 2.21. The Morgan fingerprint density at radius 1 is 1.25 bits per heavy atom. The molecule has 12 heavy (non-hydrogen) atoms. The Hall–Kier alpha value is -0.0800. The standard InChI is InChI=1S/C10H21NO/c1-3-11(4-2)9-6-5-7-10(12)8-9/h9-10,12H,3-8H2,1-2H3. The lowest BCUT2D eigenvalue weighted by atomic mass is 9.92. The van der Waals surface area contributed by atoms with Crippen LogP contribution in [0.15, 0.2) is 0 Å². The number of rotatable bonds is 3. The van der Waals surface area contributed by atoms with Crippen LogP contribution in [-0.4, -0.2) is 35.2 Å². The zero-order chi connectivity index (χ0) is 8.97. The Labute approximate surface area is 75.6 Å². The van der Waals surface area contributed by atoms with Gasteiger partial charge in [-0.05, 0) is 38.8 Å². The van der Waals surface area contributed by atoms with E-state index in [1.165, 1.54) is 12.8 Å². The van der Waals surface area contributed by atoms with E-state index in [0.29, 0.717) is 6.04 Å². The van der Waals surface area contributed by atoms with Crippen molar-refractivity contribution in [2.75, 3.05) is 13.1 Å². The van der Waals surface area contributed by atoms with Crippen molar-refractivity contribution in [2.45, 2.75) is 51.7 Å². The third kappa shape index (κ3) is 2.46. The number of nitrogens with zero attached hydrogens (tertiary/aromatic N) is 1. The third-order valence-corrected chi connectivity index (χ3v) is 2.95. The fourth-order valence-electron chi connectivity index (χ4n) is 2.21. The summed E-state index contributed by atoms with van der Waals surface area (Å²) in [5, 5.41) is 9.49. The van der Waals surface area contributed by atoms with Crippen LogP contribution in [-0.2, 0) is 0 Å². The largest absolute Gasteiger partial charge is 0.393 e. The highest BCUT2D eigenvalue weighted by Gasteiger charge is 2.23. The van der Waals surface area contributed by atoms with Gasteiger partial charge in [-0.2, -0.15) is 0 Å². The van der Waals surface area contributed by atoms with E-state index in [2.05, 4.69) is 18.7 Å². The average molecular weight is 171 g/mol. The summed E-state index contributed by atoms with van der Waals surface area (Å²) in [6.45, 7) is 6.64. The van der Waals surface area contributed by atoms with Crippen LogP contribution < -0.4 is 0 Å². The van der Waals surface area contributed by atoms with Crippen molar-refractivity contribution in [2.24, 2.45) is 0 Å². The highest BCUT2D eigenvalue weighted by atomic mass is 16.3. The smallest absolute Gasteiger partial charge is 0.0555 e. The molecule has 0 amide bonds. The molecule has 2 unspecified atom stereocenters. The van der Waals surface area contributed by atoms with Crippen molar-refractivity contribution >= 4 is 0 Å². The van der Waals surface area contributed by atoms with Gasteiger partial charge < -0.3 is 10.0 Å². The van der Waals surface area contributed by atoms with E-state index < -0.39 is 0 Å². The molecule has 1 saturated carbocycles. The van der Waals surface area contributed by atoms with Crippen LogP contribution in [0.25, 0.3) is 0 Å². The Morgan fingerprint density at radius 3 is 2.42 bits per heavy atom. The van der Waals surface area contributed by atoms with E-state index in [1.807, 2.05) is 0 Å². The SMILES string of the molecule is CCN(CC)C1CCCC(O)C1. The predicted octanol–water partition coefficient (Wildman–Crippen LogP) is 1.63. The lowest BCUT2D eigenvalue weighted by molar-refractivity contribution is 0.0664. The zero-order valence-corrected chi connectivity index (χ0v) is 8.29. The van der Waals surface area contributed by atoms with Gasteiger partial charge in [0.25, 0.3) is 0 Å². The fraction of sp³-hybridized carbons (Fsp3) is 1.00. The summed E-state index contributed by atoms with van der Waals surface area (Å²) in [6.07, 6.45) is 4.44. The first-order chi connectivity index (χ1) is 5.77. The molecule has 1 fully saturated rings. The van der Waals surface area contributed by atoms with Gasteiger partial charge in [-0.25, -0.2) is 0 Å². The summed E-state index contributed by atoms with van der Waals surface area (Å²) in [5.74, 6) is 0. The topological polar surface area (TPSA) is 23.5 Å². The maximum atomic E-state index is 9.49. The molecule has 0 bridgehead atoms. The number of aliphatic hydroxyl groups is 1. The molecule has 0 saturated heterocycles. The van der Waals surface area contributed by atoms with E-state index in [0.717, 1.165) is 25.9 Å². The van der Waals surface area contributed by atoms with E-state index in [9.17, 15) is 5.11 Å². The second-order valence-electron chi connectivity index (χ2n) is 3.70. The molecule has 2 atom stereocenters. The molecule has 0 aromatic heterocycles. The molecular weight excluding hydrogens is 150 g/mol. The van der Waals surface area contributed by atoms with E-state index in [4.69, 9.17) is 0 Å². The maximum Gasteiger partial charge on any atom is 0.0555 e. The minimum atomic E-state index is -0.0376. The van der Waals surface area contributed by atoms with Gasteiger partial charge in [0.15, 0.2) is 0 Å². The minimum Gasteiger partial charge on any atom is -0.393 e. The first-order valence-electron chi connectivity index (χ1n) is 5.20. The number of aliphatic hydroxyl groups excluding tert-OH is 1. The van der Waals surface area contributed by atoms with Crippen LogP contribution in [0.5, 0.6) is 0 Å². The Balaban J connectivity index is 2.38. The van der Waals surface area contributed by atoms with Crippen LogP contribution >= 0.6 is 0 Å². The summed E-state index contributed by atoms with van der Waals surface area (Å²) >= 11 is 0.